The lowest BCUT2D eigenvalue weighted by Gasteiger charge is -2.38. The second kappa shape index (κ2) is 7.85. The monoisotopic (exact) mass is 408 g/mol. The van der Waals surface area contributed by atoms with E-state index in [1.54, 1.807) is 25.1 Å². The summed E-state index contributed by atoms with van der Waals surface area (Å²) in [5.74, 6) is -0.362. The van der Waals surface area contributed by atoms with Gasteiger partial charge in [-0.2, -0.15) is 0 Å². The molecule has 3 aliphatic heterocycles. The number of piperazine rings is 1. The molecule has 1 aromatic carbocycles. The van der Waals surface area contributed by atoms with Crippen LogP contribution in [0.25, 0.3) is 0 Å². The topological polar surface area (TPSA) is 76.3 Å². The zero-order valence-corrected chi connectivity index (χ0v) is 17.5. The van der Waals surface area contributed by atoms with Crippen LogP contribution in [0.2, 0.25) is 0 Å². The Hall–Kier alpha value is -3.29. The third kappa shape index (κ3) is 3.53. The van der Waals surface area contributed by atoms with Gasteiger partial charge in [-0.05, 0) is 12.5 Å². The zero-order chi connectivity index (χ0) is 21.4. The highest BCUT2D eigenvalue weighted by atomic mass is 16.2. The van der Waals surface area contributed by atoms with E-state index in [2.05, 4.69) is 9.57 Å². The summed E-state index contributed by atoms with van der Waals surface area (Å²) in [5, 5.41) is 0. The van der Waals surface area contributed by atoms with Gasteiger partial charge in [0.1, 0.15) is 5.84 Å². The Morgan fingerprint density at radius 1 is 1.23 bits per heavy atom. The lowest BCUT2D eigenvalue weighted by Crippen LogP contribution is -2.61. The minimum atomic E-state index is -0.619. The number of amides is 4. The second-order valence-electron chi connectivity index (χ2n) is 7.91. The Bertz CT molecular complexity index is 1000. The molecular weight excluding hydrogens is 382 g/mol. The summed E-state index contributed by atoms with van der Waals surface area (Å²) < 4.78 is 2.13. The van der Waals surface area contributed by atoms with Crippen LogP contribution in [-0.2, 0) is 16.1 Å². The van der Waals surface area contributed by atoms with Crippen LogP contribution < -0.4 is 0 Å². The van der Waals surface area contributed by atoms with Gasteiger partial charge in [-0.1, -0.05) is 29.8 Å². The number of allylic oxidation sites excluding steroid dienone is 1. The Morgan fingerprint density at radius 3 is 2.63 bits per heavy atom. The van der Waals surface area contributed by atoms with Crippen LogP contribution >= 0.6 is 0 Å². The Balaban J connectivity index is 1.65. The van der Waals surface area contributed by atoms with Crippen molar-refractivity contribution in [3.05, 3.63) is 47.7 Å². The van der Waals surface area contributed by atoms with Crippen molar-refractivity contribution in [2.75, 3.05) is 33.2 Å². The normalized spacial score (nSPS) is 21.8. The van der Waals surface area contributed by atoms with Gasteiger partial charge in [0.2, 0.25) is 5.91 Å². The zero-order valence-electron chi connectivity index (χ0n) is 17.5. The molecule has 4 amide bonds. The van der Waals surface area contributed by atoms with Crippen LogP contribution in [0.4, 0.5) is 4.79 Å². The largest absolute Gasteiger partial charge is 0.332 e. The standard InChI is InChI=1S/C22H26N5O3/c1-15-5-4-6-17(13-15)14-27-21(29)19-18(7-8-23-20(19)24(3)22(27)30)26-11-9-25(10-12-26)16(2)28/h4-8,13,19H,9-12,14H2,1-3H3/q+1. The first kappa shape index (κ1) is 20.0. The summed E-state index contributed by atoms with van der Waals surface area (Å²) in [6.45, 7) is 6.30. The van der Waals surface area contributed by atoms with E-state index in [1.807, 2.05) is 37.3 Å². The van der Waals surface area contributed by atoms with Crippen LogP contribution in [0, 0.1) is 12.8 Å². The summed E-state index contributed by atoms with van der Waals surface area (Å²) in [7, 11) is 1.66. The molecular formula is C22H26N5O3+. The summed E-state index contributed by atoms with van der Waals surface area (Å²) >= 11 is 0. The van der Waals surface area contributed by atoms with Crippen molar-refractivity contribution in [1.82, 2.24) is 14.7 Å². The maximum absolute atomic E-state index is 13.5. The minimum Gasteiger partial charge on any atom is -0.330 e. The molecule has 1 aromatic rings. The highest BCUT2D eigenvalue weighted by Gasteiger charge is 2.48. The molecule has 2 fully saturated rings. The van der Waals surface area contributed by atoms with Crippen LogP contribution in [0.1, 0.15) is 18.1 Å². The number of carbonyl (C=O) groups is 3. The number of carbonyl (C=O) groups excluding carboxylic acids is 3. The summed E-state index contributed by atoms with van der Waals surface area (Å²) in [6.07, 6.45) is 3.50. The van der Waals surface area contributed by atoms with Crippen LogP contribution in [0.15, 0.2) is 41.5 Å². The average molecular weight is 408 g/mol. The van der Waals surface area contributed by atoms with Crippen LogP contribution in [-0.4, -0.2) is 81.9 Å². The number of aliphatic imine (C=N–C) groups is 1. The van der Waals surface area contributed by atoms with Crippen molar-refractivity contribution >= 4 is 29.4 Å². The minimum absolute atomic E-state index is 0.0597. The van der Waals surface area contributed by atoms with Gasteiger partial charge in [0.25, 0.3) is 5.91 Å². The number of fused-ring (bicyclic) bond motifs is 1. The third-order valence-electron chi connectivity index (χ3n) is 5.89. The fourth-order valence-corrected chi connectivity index (χ4v) is 4.25. The molecule has 156 valence electrons. The number of urea groups is 1. The van der Waals surface area contributed by atoms with E-state index in [1.165, 1.54) is 9.80 Å². The number of rotatable bonds is 2. The van der Waals surface area contributed by atoms with E-state index in [0.717, 1.165) is 16.8 Å². The summed E-state index contributed by atoms with van der Waals surface area (Å²) in [5.41, 5.74) is 2.83. The van der Waals surface area contributed by atoms with Gasteiger partial charge in [-0.15, -0.1) is 0 Å². The van der Waals surface area contributed by atoms with E-state index >= 15 is 0 Å². The molecule has 0 N–H and O–H groups in total. The quantitative estimate of drug-likeness (QED) is 0.691. The molecule has 0 saturated carbocycles. The molecule has 2 saturated heterocycles. The molecule has 1 atom stereocenters. The van der Waals surface area contributed by atoms with E-state index in [0.29, 0.717) is 32.0 Å². The van der Waals surface area contributed by atoms with Gasteiger partial charge in [0, 0.05) is 26.2 Å². The molecule has 8 nitrogen and oxygen atoms in total. The number of hydrogen-bond donors (Lipinski definition) is 0. The number of imide groups is 1. The fourth-order valence-electron chi connectivity index (χ4n) is 4.25. The van der Waals surface area contributed by atoms with Gasteiger partial charge in [-0.25, -0.2) is 14.4 Å². The maximum Gasteiger partial charge on any atom is 0.332 e. The summed E-state index contributed by atoms with van der Waals surface area (Å²) in [4.78, 5) is 47.0. The summed E-state index contributed by atoms with van der Waals surface area (Å²) in [6, 6.07) is 7.45. The first-order chi connectivity index (χ1) is 14.4. The molecule has 0 bridgehead atoms. The van der Waals surface area contributed by atoms with Crippen molar-refractivity contribution in [3.8, 4) is 0 Å². The molecule has 3 aliphatic rings. The van der Waals surface area contributed by atoms with Gasteiger partial charge in [-0.3, -0.25) is 19.4 Å². The van der Waals surface area contributed by atoms with Gasteiger partial charge in [0.05, 0.1) is 19.6 Å². The smallest absolute Gasteiger partial charge is 0.330 e. The first-order valence-corrected chi connectivity index (χ1v) is 10.1. The predicted molar refractivity (Wildman–Crippen MR) is 112 cm³/mol. The Morgan fingerprint density at radius 2 is 1.97 bits per heavy atom. The third-order valence-corrected chi connectivity index (χ3v) is 5.89. The second-order valence-corrected chi connectivity index (χ2v) is 7.91. The van der Waals surface area contributed by atoms with Crippen LogP contribution in [0.5, 0.6) is 0 Å². The molecule has 0 aromatic heterocycles. The van der Waals surface area contributed by atoms with Crippen molar-refractivity contribution < 1.29 is 19.0 Å². The highest BCUT2D eigenvalue weighted by molar-refractivity contribution is 6.30. The molecule has 3 heterocycles. The molecule has 0 radical (unpaired) electrons. The fraction of sp³-hybridized carbons (Fsp3) is 0.409. The van der Waals surface area contributed by atoms with Crippen molar-refractivity contribution in [3.63, 3.8) is 0 Å². The average Bonchev–Trinajstić information content (AvgIpc) is 2.75. The maximum atomic E-state index is 13.5. The van der Waals surface area contributed by atoms with Crippen molar-refractivity contribution in [2.45, 2.75) is 20.4 Å². The lowest BCUT2D eigenvalue weighted by atomic mass is 9.94. The number of nitrogens with zero attached hydrogens (tertiary/aromatic N) is 5. The van der Waals surface area contributed by atoms with Crippen LogP contribution in [0.3, 0.4) is 0 Å². The number of amidine groups is 1. The number of aryl methyl sites for hydroxylation is 1. The van der Waals surface area contributed by atoms with E-state index in [4.69, 9.17) is 0 Å². The highest BCUT2D eigenvalue weighted by Crippen LogP contribution is 2.25. The van der Waals surface area contributed by atoms with Gasteiger partial charge >= 0.3 is 6.03 Å². The lowest BCUT2D eigenvalue weighted by molar-refractivity contribution is -0.538. The molecule has 8 heteroatoms. The van der Waals surface area contributed by atoms with E-state index < -0.39 is 5.92 Å². The molecule has 0 spiro atoms. The van der Waals surface area contributed by atoms with Crippen molar-refractivity contribution in [2.24, 2.45) is 10.9 Å². The predicted octanol–water partition coefficient (Wildman–Crippen LogP) is 1.25. The first-order valence-electron chi connectivity index (χ1n) is 10.1. The van der Waals surface area contributed by atoms with E-state index in [-0.39, 0.29) is 24.4 Å². The number of hydrogen-bond acceptors (Lipinski definition) is 4. The molecule has 0 aliphatic carbocycles. The molecule has 1 unspecified atom stereocenters. The number of benzene rings is 1. The van der Waals surface area contributed by atoms with Gasteiger partial charge < -0.3 is 4.90 Å². The van der Waals surface area contributed by atoms with Gasteiger partial charge in [0.15, 0.2) is 24.7 Å². The Kier molecular flexibility index (Phi) is 5.24. The van der Waals surface area contributed by atoms with E-state index in [9.17, 15) is 14.4 Å². The molecule has 4 rings (SSSR count). The molecule has 30 heavy (non-hydrogen) atoms. The SMILES string of the molecule is CC(=O)N1CC[N+](=C2C=CN=C3C2C(=O)N(Cc2cccc(C)c2)C(=O)N3C)CC1. The Labute approximate surface area is 175 Å². The van der Waals surface area contributed by atoms with Crippen molar-refractivity contribution in [1.29, 1.82) is 0 Å².